The molecule has 0 radical (unpaired) electrons. The summed E-state index contributed by atoms with van der Waals surface area (Å²) in [7, 11) is 1.43. The highest BCUT2D eigenvalue weighted by atomic mass is 16.6. The van der Waals surface area contributed by atoms with E-state index in [0.717, 1.165) is 5.69 Å². The molecule has 5 N–H and O–H groups in total. The minimum absolute atomic E-state index is 0.376. The number of likely N-dealkylation sites (N-methyl/N-ethyl adjacent to an activating group) is 1. The Morgan fingerprint density at radius 3 is 2.64 bits per heavy atom. The SMILES string of the molecule is CNC(=O)[C@H]1O[C@@H](n2cnc3c(NNc4ccccc4)ncnc32)[C@H](O)[C@@H]1O. The van der Waals surface area contributed by atoms with Gasteiger partial charge in [0.25, 0.3) is 5.91 Å². The van der Waals surface area contributed by atoms with Gasteiger partial charge in [-0.1, -0.05) is 18.2 Å². The molecule has 0 unspecified atom stereocenters. The van der Waals surface area contributed by atoms with Crippen LogP contribution in [0.3, 0.4) is 0 Å². The summed E-state index contributed by atoms with van der Waals surface area (Å²) in [6.07, 6.45) is -2.16. The van der Waals surface area contributed by atoms with Gasteiger partial charge in [0.2, 0.25) is 0 Å². The van der Waals surface area contributed by atoms with Gasteiger partial charge in [0, 0.05) is 7.05 Å². The largest absolute Gasteiger partial charge is 0.387 e. The van der Waals surface area contributed by atoms with Gasteiger partial charge in [-0.3, -0.25) is 20.2 Å². The van der Waals surface area contributed by atoms with Crippen molar-refractivity contribution in [2.45, 2.75) is 24.5 Å². The van der Waals surface area contributed by atoms with Crippen LogP contribution < -0.4 is 16.2 Å². The van der Waals surface area contributed by atoms with E-state index in [2.05, 4.69) is 31.1 Å². The maximum absolute atomic E-state index is 11.8. The predicted molar refractivity (Wildman–Crippen MR) is 99.0 cm³/mol. The Bertz CT molecular complexity index is 980. The second-order valence-electron chi connectivity index (χ2n) is 6.21. The van der Waals surface area contributed by atoms with Crippen LogP contribution in [0.5, 0.6) is 0 Å². The molecule has 4 atom stereocenters. The zero-order valence-electron chi connectivity index (χ0n) is 14.9. The fourth-order valence-electron chi connectivity index (χ4n) is 3.03. The smallest absolute Gasteiger partial charge is 0.251 e. The van der Waals surface area contributed by atoms with Crippen molar-refractivity contribution in [3.8, 4) is 0 Å². The summed E-state index contributed by atoms with van der Waals surface area (Å²) < 4.78 is 7.03. The first-order chi connectivity index (χ1) is 13.6. The highest BCUT2D eigenvalue weighted by Crippen LogP contribution is 2.32. The van der Waals surface area contributed by atoms with Crippen molar-refractivity contribution in [3.63, 3.8) is 0 Å². The van der Waals surface area contributed by atoms with Gasteiger partial charge in [0.05, 0.1) is 12.0 Å². The van der Waals surface area contributed by atoms with Gasteiger partial charge >= 0.3 is 0 Å². The fraction of sp³-hybridized carbons (Fsp3) is 0.294. The third-order valence-electron chi connectivity index (χ3n) is 4.48. The van der Waals surface area contributed by atoms with Crippen LogP contribution in [0.2, 0.25) is 0 Å². The Labute approximate surface area is 159 Å². The summed E-state index contributed by atoms with van der Waals surface area (Å²) in [6.45, 7) is 0. The number of aliphatic hydroxyl groups excluding tert-OH is 2. The number of hydrogen-bond donors (Lipinski definition) is 5. The second-order valence-corrected chi connectivity index (χ2v) is 6.21. The number of benzene rings is 1. The number of fused-ring (bicyclic) bond motifs is 1. The van der Waals surface area contributed by atoms with E-state index in [1.807, 2.05) is 30.3 Å². The molecule has 1 amide bonds. The molecule has 0 spiro atoms. The van der Waals surface area contributed by atoms with E-state index in [1.165, 1.54) is 24.3 Å². The topological polar surface area (TPSA) is 146 Å². The van der Waals surface area contributed by atoms with E-state index in [-0.39, 0.29) is 0 Å². The number of aliphatic hydroxyl groups is 2. The number of anilines is 2. The number of ether oxygens (including phenoxy) is 1. The van der Waals surface area contributed by atoms with E-state index in [1.54, 1.807) is 0 Å². The lowest BCUT2D eigenvalue weighted by molar-refractivity contribution is -0.137. The Morgan fingerprint density at radius 2 is 1.89 bits per heavy atom. The molecule has 1 aliphatic rings. The molecule has 0 saturated carbocycles. The summed E-state index contributed by atoms with van der Waals surface area (Å²) in [5.41, 5.74) is 7.62. The number of carbonyl (C=O) groups is 1. The summed E-state index contributed by atoms with van der Waals surface area (Å²) >= 11 is 0. The Balaban J connectivity index is 1.60. The first kappa shape index (κ1) is 18.1. The Morgan fingerprint density at radius 1 is 1.11 bits per heavy atom. The molecule has 1 aromatic carbocycles. The molecule has 3 heterocycles. The average molecular weight is 385 g/mol. The summed E-state index contributed by atoms with van der Waals surface area (Å²) in [6, 6.07) is 9.45. The lowest BCUT2D eigenvalue weighted by atomic mass is 10.1. The third kappa shape index (κ3) is 3.11. The summed E-state index contributed by atoms with van der Waals surface area (Å²) in [4.78, 5) is 24.5. The first-order valence-corrected chi connectivity index (χ1v) is 8.58. The molecule has 0 bridgehead atoms. The third-order valence-corrected chi connectivity index (χ3v) is 4.48. The minimum atomic E-state index is -1.37. The van der Waals surface area contributed by atoms with E-state index in [4.69, 9.17) is 4.74 Å². The first-order valence-electron chi connectivity index (χ1n) is 8.58. The summed E-state index contributed by atoms with van der Waals surface area (Å²) in [5.74, 6) is -0.106. The average Bonchev–Trinajstić information content (AvgIpc) is 3.28. The maximum Gasteiger partial charge on any atom is 0.251 e. The fourth-order valence-corrected chi connectivity index (χ4v) is 3.03. The zero-order valence-corrected chi connectivity index (χ0v) is 14.9. The highest BCUT2D eigenvalue weighted by Gasteiger charge is 2.47. The number of imidazole rings is 1. The van der Waals surface area contributed by atoms with E-state index < -0.39 is 30.4 Å². The molecular weight excluding hydrogens is 366 g/mol. The number of aromatic nitrogens is 4. The standard InChI is InChI=1S/C17H19N7O4/c1-18-16(27)13-11(25)12(26)17(28-13)24-8-21-10-14(19-7-20-15(10)24)23-22-9-5-3-2-4-6-9/h2-8,11-13,17,22,25-26H,1H3,(H,18,27)(H,19,20,23)/t11-,12+,13-,17+/m0/s1. The molecule has 11 heteroatoms. The molecule has 2 aromatic heterocycles. The number of carbonyl (C=O) groups excluding carboxylic acids is 1. The zero-order chi connectivity index (χ0) is 19.7. The Kier molecular flexibility index (Phi) is 4.77. The van der Waals surface area contributed by atoms with Crippen LogP contribution in [0.4, 0.5) is 11.5 Å². The van der Waals surface area contributed by atoms with Gasteiger partial charge in [-0.2, -0.15) is 0 Å². The summed E-state index contributed by atoms with van der Waals surface area (Å²) in [5, 5.41) is 22.9. The van der Waals surface area contributed by atoms with E-state index in [0.29, 0.717) is 17.0 Å². The number of rotatable bonds is 5. The van der Waals surface area contributed by atoms with Crippen LogP contribution in [0, 0.1) is 0 Å². The number of nitrogens with one attached hydrogen (secondary N) is 3. The molecule has 0 aliphatic carbocycles. The number of hydrazine groups is 1. The van der Waals surface area contributed by atoms with Gasteiger partial charge in [0.15, 0.2) is 29.3 Å². The molecule has 11 nitrogen and oxygen atoms in total. The highest BCUT2D eigenvalue weighted by molar-refractivity contribution is 5.84. The van der Waals surface area contributed by atoms with Crippen molar-refractivity contribution in [2.24, 2.45) is 0 Å². The molecule has 3 aromatic rings. The quantitative estimate of drug-likeness (QED) is 0.371. The van der Waals surface area contributed by atoms with Gasteiger partial charge in [-0.15, -0.1) is 0 Å². The van der Waals surface area contributed by atoms with Crippen molar-refractivity contribution in [3.05, 3.63) is 43.0 Å². The lowest BCUT2D eigenvalue weighted by Gasteiger charge is -2.16. The van der Waals surface area contributed by atoms with Gasteiger partial charge in [0.1, 0.15) is 18.5 Å². The number of hydrogen-bond acceptors (Lipinski definition) is 9. The normalized spacial score (nSPS) is 24.2. The molecule has 28 heavy (non-hydrogen) atoms. The van der Waals surface area contributed by atoms with Crippen molar-refractivity contribution >= 4 is 28.6 Å². The molecule has 1 aliphatic heterocycles. The number of para-hydroxylation sites is 1. The molecular formula is C17H19N7O4. The van der Waals surface area contributed by atoms with Crippen LogP contribution >= 0.6 is 0 Å². The molecule has 4 rings (SSSR count). The maximum atomic E-state index is 11.8. The van der Waals surface area contributed by atoms with Crippen LogP contribution in [0.15, 0.2) is 43.0 Å². The molecule has 1 fully saturated rings. The second kappa shape index (κ2) is 7.38. The van der Waals surface area contributed by atoms with Crippen molar-refractivity contribution in [1.82, 2.24) is 24.8 Å². The van der Waals surface area contributed by atoms with E-state index >= 15 is 0 Å². The number of nitrogens with zero attached hydrogens (tertiary/aromatic N) is 4. The van der Waals surface area contributed by atoms with Crippen LogP contribution in [-0.4, -0.2) is 61.0 Å². The molecule has 146 valence electrons. The van der Waals surface area contributed by atoms with Crippen molar-refractivity contribution in [2.75, 3.05) is 17.9 Å². The van der Waals surface area contributed by atoms with Crippen LogP contribution in [-0.2, 0) is 9.53 Å². The van der Waals surface area contributed by atoms with E-state index in [9.17, 15) is 15.0 Å². The number of amides is 1. The molecule has 1 saturated heterocycles. The van der Waals surface area contributed by atoms with Crippen LogP contribution in [0.1, 0.15) is 6.23 Å². The minimum Gasteiger partial charge on any atom is -0.387 e. The lowest BCUT2D eigenvalue weighted by Crippen LogP contribution is -2.41. The van der Waals surface area contributed by atoms with Crippen molar-refractivity contribution in [1.29, 1.82) is 0 Å². The van der Waals surface area contributed by atoms with Gasteiger partial charge in [-0.05, 0) is 12.1 Å². The predicted octanol–water partition coefficient (Wildman–Crippen LogP) is -0.370. The monoisotopic (exact) mass is 385 g/mol. The van der Waals surface area contributed by atoms with Crippen LogP contribution in [0.25, 0.3) is 11.2 Å². The Hall–Kier alpha value is -3.28. The van der Waals surface area contributed by atoms with Gasteiger partial charge in [-0.25, -0.2) is 15.0 Å². The van der Waals surface area contributed by atoms with Gasteiger partial charge < -0.3 is 20.3 Å². The van der Waals surface area contributed by atoms with Crippen molar-refractivity contribution < 1.29 is 19.7 Å².